The van der Waals surface area contributed by atoms with Gasteiger partial charge < -0.3 is 10.2 Å². The lowest BCUT2D eigenvalue weighted by Gasteiger charge is -2.21. The number of nitrogens with zero attached hydrogens (tertiary/aromatic N) is 1. The molecule has 0 saturated carbocycles. The Bertz CT molecular complexity index is 491. The first kappa shape index (κ1) is 13.1. The van der Waals surface area contributed by atoms with Gasteiger partial charge in [0.2, 0.25) is 0 Å². The van der Waals surface area contributed by atoms with Crippen LogP contribution in [-0.2, 0) is 13.1 Å². The fraction of sp³-hybridized carbons (Fsp3) is 0.333. The summed E-state index contributed by atoms with van der Waals surface area (Å²) in [6.45, 7) is 4.08. The van der Waals surface area contributed by atoms with Crippen LogP contribution in [-0.4, -0.2) is 14.1 Å². The molecule has 1 heterocycles. The molecular formula is C15H20N2S. The lowest BCUT2D eigenvalue weighted by Crippen LogP contribution is -2.17. The molecule has 2 rings (SSSR count). The molecule has 2 aromatic rings. The lowest BCUT2D eigenvalue weighted by atomic mass is 10.1. The van der Waals surface area contributed by atoms with Gasteiger partial charge in [-0.05, 0) is 42.6 Å². The lowest BCUT2D eigenvalue weighted by molar-refractivity contribution is 0.816. The maximum absolute atomic E-state index is 3.18. The monoisotopic (exact) mass is 260 g/mol. The van der Waals surface area contributed by atoms with Gasteiger partial charge in [0.1, 0.15) is 0 Å². The van der Waals surface area contributed by atoms with Gasteiger partial charge in [-0.2, -0.15) is 0 Å². The molecule has 0 spiro atoms. The van der Waals surface area contributed by atoms with Gasteiger partial charge in [0.25, 0.3) is 0 Å². The van der Waals surface area contributed by atoms with Gasteiger partial charge in [-0.25, -0.2) is 0 Å². The van der Waals surface area contributed by atoms with Crippen LogP contribution >= 0.6 is 11.3 Å². The Morgan fingerprint density at radius 1 is 1.28 bits per heavy atom. The summed E-state index contributed by atoms with van der Waals surface area (Å²) in [4.78, 5) is 3.71. The zero-order chi connectivity index (χ0) is 13.0. The summed E-state index contributed by atoms with van der Waals surface area (Å²) in [6, 6.07) is 11.0. The van der Waals surface area contributed by atoms with E-state index in [0.29, 0.717) is 0 Å². The molecule has 0 aliphatic rings. The Balaban J connectivity index is 2.12. The topological polar surface area (TPSA) is 15.3 Å². The van der Waals surface area contributed by atoms with Gasteiger partial charge in [-0.1, -0.05) is 18.2 Å². The second kappa shape index (κ2) is 6.03. The van der Waals surface area contributed by atoms with Gasteiger partial charge in [0.05, 0.1) is 6.54 Å². The zero-order valence-corrected chi connectivity index (χ0v) is 12.1. The van der Waals surface area contributed by atoms with Gasteiger partial charge in [-0.3, -0.25) is 0 Å². The van der Waals surface area contributed by atoms with Crippen LogP contribution in [0.15, 0.2) is 35.7 Å². The molecule has 0 radical (unpaired) electrons. The summed E-state index contributed by atoms with van der Waals surface area (Å²) >= 11 is 1.81. The summed E-state index contributed by atoms with van der Waals surface area (Å²) in [5, 5.41) is 5.32. The number of hydrogen-bond donors (Lipinski definition) is 1. The van der Waals surface area contributed by atoms with Crippen molar-refractivity contribution in [3.05, 3.63) is 51.7 Å². The summed E-state index contributed by atoms with van der Waals surface area (Å²) in [7, 11) is 4.13. The number of nitrogens with one attached hydrogen (secondary N) is 1. The second-order valence-electron chi connectivity index (χ2n) is 4.59. The molecule has 1 aromatic heterocycles. The van der Waals surface area contributed by atoms with E-state index in [0.717, 1.165) is 13.1 Å². The molecule has 96 valence electrons. The minimum Gasteiger partial charge on any atom is -0.369 e. The largest absolute Gasteiger partial charge is 0.369 e. The summed E-state index contributed by atoms with van der Waals surface area (Å²) < 4.78 is 0. The highest BCUT2D eigenvalue weighted by atomic mass is 32.1. The molecule has 0 atom stereocenters. The van der Waals surface area contributed by atoms with Crippen molar-refractivity contribution in [2.24, 2.45) is 0 Å². The molecule has 0 aliphatic heterocycles. The first-order valence-electron chi connectivity index (χ1n) is 6.18. The van der Waals surface area contributed by atoms with E-state index in [9.17, 15) is 0 Å². The van der Waals surface area contributed by atoms with Crippen LogP contribution in [0.4, 0.5) is 5.69 Å². The van der Waals surface area contributed by atoms with Crippen LogP contribution in [0.5, 0.6) is 0 Å². The number of aryl methyl sites for hydroxylation is 1. The first-order chi connectivity index (χ1) is 8.70. The quantitative estimate of drug-likeness (QED) is 0.886. The molecule has 0 amide bonds. The van der Waals surface area contributed by atoms with E-state index in [-0.39, 0.29) is 0 Å². The van der Waals surface area contributed by atoms with Crippen LogP contribution < -0.4 is 10.2 Å². The van der Waals surface area contributed by atoms with E-state index in [1.807, 2.05) is 18.4 Å². The maximum atomic E-state index is 3.18. The summed E-state index contributed by atoms with van der Waals surface area (Å²) in [6.07, 6.45) is 0. The number of rotatable bonds is 5. The minimum absolute atomic E-state index is 0.926. The van der Waals surface area contributed by atoms with Gasteiger partial charge >= 0.3 is 0 Å². The molecule has 0 saturated heterocycles. The van der Waals surface area contributed by atoms with Crippen molar-refractivity contribution in [1.29, 1.82) is 0 Å². The van der Waals surface area contributed by atoms with Crippen molar-refractivity contribution in [2.75, 3.05) is 19.0 Å². The van der Waals surface area contributed by atoms with E-state index in [4.69, 9.17) is 0 Å². The number of thiophene rings is 1. The Morgan fingerprint density at radius 2 is 2.11 bits per heavy atom. The van der Waals surface area contributed by atoms with Crippen LogP contribution in [0.1, 0.15) is 16.0 Å². The highest BCUT2D eigenvalue weighted by Gasteiger charge is 2.06. The van der Waals surface area contributed by atoms with Gasteiger partial charge in [0, 0.05) is 24.2 Å². The van der Waals surface area contributed by atoms with E-state index < -0.39 is 0 Å². The highest BCUT2D eigenvalue weighted by molar-refractivity contribution is 7.09. The first-order valence-corrected chi connectivity index (χ1v) is 7.06. The molecule has 3 heteroatoms. The number of hydrogen-bond acceptors (Lipinski definition) is 3. The molecule has 2 nitrogen and oxygen atoms in total. The Kier molecular flexibility index (Phi) is 4.39. The predicted molar refractivity (Wildman–Crippen MR) is 80.4 cm³/mol. The normalized spacial score (nSPS) is 10.6. The highest BCUT2D eigenvalue weighted by Crippen LogP contribution is 2.23. The summed E-state index contributed by atoms with van der Waals surface area (Å²) in [5.74, 6) is 0. The minimum atomic E-state index is 0.926. The average Bonchev–Trinajstić information content (AvgIpc) is 2.82. The van der Waals surface area contributed by atoms with Crippen molar-refractivity contribution in [1.82, 2.24) is 5.32 Å². The molecule has 0 bridgehead atoms. The summed E-state index contributed by atoms with van der Waals surface area (Å²) in [5.41, 5.74) is 3.98. The third-order valence-electron chi connectivity index (χ3n) is 3.03. The number of anilines is 1. The Hall–Kier alpha value is -1.32. The van der Waals surface area contributed by atoms with E-state index in [1.165, 1.54) is 21.7 Å². The fourth-order valence-electron chi connectivity index (χ4n) is 2.18. The van der Waals surface area contributed by atoms with Gasteiger partial charge in [0.15, 0.2) is 0 Å². The Morgan fingerprint density at radius 3 is 2.72 bits per heavy atom. The van der Waals surface area contributed by atoms with Crippen molar-refractivity contribution >= 4 is 17.0 Å². The molecule has 0 fully saturated rings. The van der Waals surface area contributed by atoms with Crippen molar-refractivity contribution < 1.29 is 0 Å². The van der Waals surface area contributed by atoms with Gasteiger partial charge in [-0.15, -0.1) is 11.3 Å². The Labute approximate surface area is 113 Å². The molecule has 1 aromatic carbocycles. The molecule has 1 N–H and O–H groups in total. The standard InChI is InChI=1S/C15H20N2S/c1-12-9-13(10-16-2)6-7-15(12)17(3)11-14-5-4-8-18-14/h4-9,16H,10-11H2,1-3H3. The van der Waals surface area contributed by atoms with Crippen molar-refractivity contribution in [2.45, 2.75) is 20.0 Å². The molecule has 0 aliphatic carbocycles. The predicted octanol–water partition coefficient (Wildman–Crippen LogP) is 3.41. The van der Waals surface area contributed by atoms with Crippen LogP contribution in [0.25, 0.3) is 0 Å². The smallest absolute Gasteiger partial charge is 0.0519 e. The van der Waals surface area contributed by atoms with Crippen molar-refractivity contribution in [3.8, 4) is 0 Å². The zero-order valence-electron chi connectivity index (χ0n) is 11.2. The fourth-order valence-corrected chi connectivity index (χ4v) is 2.94. The number of benzene rings is 1. The third-order valence-corrected chi connectivity index (χ3v) is 3.89. The molecular weight excluding hydrogens is 240 g/mol. The third kappa shape index (κ3) is 3.12. The SMILES string of the molecule is CNCc1ccc(N(C)Cc2cccs2)c(C)c1. The van der Waals surface area contributed by atoms with Crippen LogP contribution in [0.3, 0.4) is 0 Å². The molecule has 18 heavy (non-hydrogen) atoms. The van der Waals surface area contributed by atoms with Crippen molar-refractivity contribution in [3.63, 3.8) is 0 Å². The molecule has 0 unspecified atom stereocenters. The maximum Gasteiger partial charge on any atom is 0.0519 e. The van der Waals surface area contributed by atoms with Crippen LogP contribution in [0, 0.1) is 6.92 Å². The van der Waals surface area contributed by atoms with E-state index >= 15 is 0 Å². The average molecular weight is 260 g/mol. The second-order valence-corrected chi connectivity index (χ2v) is 5.62. The van der Waals surface area contributed by atoms with E-state index in [2.05, 4.69) is 59.9 Å². The van der Waals surface area contributed by atoms with Crippen LogP contribution in [0.2, 0.25) is 0 Å². The van der Waals surface area contributed by atoms with E-state index in [1.54, 1.807) is 0 Å².